The van der Waals surface area contributed by atoms with Crippen LogP contribution in [-0.2, 0) is 9.53 Å². The zero-order valence-electron chi connectivity index (χ0n) is 18.8. The fourth-order valence-electron chi connectivity index (χ4n) is 4.02. The maximum atomic E-state index is 12.6. The molecule has 2 aliphatic rings. The number of carbonyl (C=O) groups is 2. The van der Waals surface area contributed by atoms with Gasteiger partial charge in [0.25, 0.3) is 0 Å². The summed E-state index contributed by atoms with van der Waals surface area (Å²) in [6.45, 7) is 9.97. The topological polar surface area (TPSA) is 95.1 Å². The van der Waals surface area contributed by atoms with Crippen molar-refractivity contribution in [2.75, 3.05) is 20.6 Å². The Labute approximate surface area is 192 Å². The largest absolute Gasteiger partial charge is 0.444 e. The van der Waals surface area contributed by atoms with Crippen LogP contribution in [0.15, 0.2) is 4.99 Å². The second kappa shape index (κ2) is 10.2. The van der Waals surface area contributed by atoms with Gasteiger partial charge in [-0.3, -0.25) is 9.79 Å². The quantitative estimate of drug-likeness (QED) is 0.299. The van der Waals surface area contributed by atoms with Crippen LogP contribution >= 0.6 is 24.0 Å². The molecule has 0 saturated carbocycles. The van der Waals surface area contributed by atoms with Gasteiger partial charge in [0, 0.05) is 38.8 Å². The smallest absolute Gasteiger partial charge is 0.410 e. The van der Waals surface area contributed by atoms with Crippen molar-refractivity contribution in [3.8, 4) is 0 Å². The number of aliphatic imine (C=N–C) groups is 1. The van der Waals surface area contributed by atoms with Crippen LogP contribution < -0.4 is 16.0 Å². The van der Waals surface area contributed by atoms with Gasteiger partial charge in [0.1, 0.15) is 5.60 Å². The van der Waals surface area contributed by atoms with E-state index in [1.165, 1.54) is 0 Å². The normalized spacial score (nSPS) is 24.4. The van der Waals surface area contributed by atoms with Gasteiger partial charge in [-0.2, -0.15) is 0 Å². The third-order valence-electron chi connectivity index (χ3n) is 5.44. The molecule has 0 aliphatic carbocycles. The van der Waals surface area contributed by atoms with Gasteiger partial charge in [0.15, 0.2) is 5.96 Å². The number of piperidine rings is 1. The molecule has 8 nitrogen and oxygen atoms in total. The van der Waals surface area contributed by atoms with E-state index in [-0.39, 0.29) is 54.1 Å². The number of nitrogens with one attached hydrogen (secondary N) is 3. The lowest BCUT2D eigenvalue weighted by molar-refractivity contribution is -0.128. The first-order valence-electron chi connectivity index (χ1n) is 10.2. The Morgan fingerprint density at radius 2 is 1.66 bits per heavy atom. The summed E-state index contributed by atoms with van der Waals surface area (Å²) in [6, 6.07) is 0.642. The molecule has 2 heterocycles. The number of nitrogens with zero attached hydrogens (tertiary/aromatic N) is 2. The van der Waals surface area contributed by atoms with E-state index in [1.54, 1.807) is 14.1 Å². The van der Waals surface area contributed by atoms with Gasteiger partial charge in [-0.1, -0.05) is 0 Å². The summed E-state index contributed by atoms with van der Waals surface area (Å²) in [4.78, 5) is 30.8. The molecule has 9 heteroatoms. The van der Waals surface area contributed by atoms with Crippen molar-refractivity contribution < 1.29 is 14.3 Å². The van der Waals surface area contributed by atoms with Crippen molar-refractivity contribution >= 4 is 41.9 Å². The van der Waals surface area contributed by atoms with Crippen LogP contribution in [0.2, 0.25) is 0 Å². The van der Waals surface area contributed by atoms with Gasteiger partial charge < -0.3 is 25.6 Å². The van der Waals surface area contributed by atoms with Crippen molar-refractivity contribution in [1.82, 2.24) is 20.9 Å². The minimum Gasteiger partial charge on any atom is -0.444 e. The number of amides is 2. The highest BCUT2D eigenvalue weighted by Gasteiger charge is 2.45. The van der Waals surface area contributed by atoms with E-state index in [9.17, 15) is 9.59 Å². The highest BCUT2D eigenvalue weighted by atomic mass is 127. The van der Waals surface area contributed by atoms with Crippen LogP contribution in [0.1, 0.15) is 60.3 Å². The second-order valence-corrected chi connectivity index (χ2v) is 9.47. The molecule has 3 N–H and O–H groups in total. The molecule has 29 heavy (non-hydrogen) atoms. The fraction of sp³-hybridized carbons (Fsp3) is 0.850. The lowest BCUT2D eigenvalue weighted by Gasteiger charge is -2.40. The Morgan fingerprint density at radius 1 is 1.10 bits per heavy atom. The molecule has 2 rings (SSSR count). The van der Waals surface area contributed by atoms with E-state index in [1.807, 2.05) is 39.5 Å². The molecule has 0 aromatic carbocycles. The van der Waals surface area contributed by atoms with Gasteiger partial charge in [-0.05, 0) is 60.3 Å². The van der Waals surface area contributed by atoms with Crippen molar-refractivity contribution in [2.24, 2.45) is 10.4 Å². The van der Waals surface area contributed by atoms with Crippen molar-refractivity contribution in [3.05, 3.63) is 0 Å². The molecule has 2 bridgehead atoms. The van der Waals surface area contributed by atoms with Gasteiger partial charge in [0.2, 0.25) is 5.91 Å². The predicted molar refractivity (Wildman–Crippen MR) is 126 cm³/mol. The van der Waals surface area contributed by atoms with Crippen LogP contribution in [0.3, 0.4) is 0 Å². The summed E-state index contributed by atoms with van der Waals surface area (Å²) < 4.78 is 5.60. The first kappa shape index (κ1) is 25.8. The van der Waals surface area contributed by atoms with Crippen molar-refractivity contribution in [3.63, 3.8) is 0 Å². The molecule has 0 aromatic heterocycles. The van der Waals surface area contributed by atoms with Crippen LogP contribution in [0.5, 0.6) is 0 Å². The Hall–Kier alpha value is -1.26. The minimum absolute atomic E-state index is 0. The Bertz CT molecular complexity index is 604. The average Bonchev–Trinajstić information content (AvgIpc) is 2.87. The molecule has 2 saturated heterocycles. The fourth-order valence-corrected chi connectivity index (χ4v) is 4.02. The first-order chi connectivity index (χ1) is 13.0. The van der Waals surface area contributed by atoms with E-state index in [0.717, 1.165) is 25.7 Å². The minimum atomic E-state index is -0.536. The van der Waals surface area contributed by atoms with E-state index in [0.29, 0.717) is 12.5 Å². The van der Waals surface area contributed by atoms with E-state index in [2.05, 4.69) is 20.9 Å². The standard InChI is InChI=1S/C20H37N5O3.HI/c1-19(2,3)28-18(27)25-14-8-9-15(25)11-13(10-14)24-17(22-7)23-12-20(4,5)16(26)21-6;/h13-15H,8-12H2,1-7H3,(H,21,26)(H2,22,23,24);1H. The lowest BCUT2D eigenvalue weighted by atomic mass is 9.92. The van der Waals surface area contributed by atoms with Gasteiger partial charge in [-0.15, -0.1) is 24.0 Å². The summed E-state index contributed by atoms with van der Waals surface area (Å²) in [5.74, 6) is 0.672. The number of fused-ring (bicyclic) bond motifs is 2. The van der Waals surface area contributed by atoms with E-state index in [4.69, 9.17) is 4.74 Å². The van der Waals surface area contributed by atoms with E-state index >= 15 is 0 Å². The molecule has 168 valence electrons. The van der Waals surface area contributed by atoms with Crippen LogP contribution in [0.25, 0.3) is 0 Å². The third kappa shape index (κ3) is 6.89. The third-order valence-corrected chi connectivity index (χ3v) is 5.44. The molecule has 0 radical (unpaired) electrons. The Morgan fingerprint density at radius 3 is 2.10 bits per heavy atom. The Balaban J connectivity index is 0.00000420. The van der Waals surface area contributed by atoms with Gasteiger partial charge >= 0.3 is 6.09 Å². The number of hydrogen-bond donors (Lipinski definition) is 3. The van der Waals surface area contributed by atoms with Crippen molar-refractivity contribution in [1.29, 1.82) is 0 Å². The monoisotopic (exact) mass is 523 g/mol. The number of halogens is 1. The Kier molecular flexibility index (Phi) is 9.04. The maximum absolute atomic E-state index is 12.6. The average molecular weight is 523 g/mol. The molecule has 0 spiro atoms. The van der Waals surface area contributed by atoms with Gasteiger partial charge in [0.05, 0.1) is 5.41 Å². The summed E-state index contributed by atoms with van der Waals surface area (Å²) in [5.41, 5.74) is -1.01. The summed E-state index contributed by atoms with van der Waals surface area (Å²) >= 11 is 0. The predicted octanol–water partition coefficient (Wildman–Crippen LogP) is 2.47. The molecule has 0 aromatic rings. The number of rotatable bonds is 4. The molecular weight excluding hydrogens is 485 g/mol. The summed E-state index contributed by atoms with van der Waals surface area (Å²) in [6.07, 6.45) is 3.56. The number of guanidine groups is 1. The highest BCUT2D eigenvalue weighted by Crippen LogP contribution is 2.36. The van der Waals surface area contributed by atoms with Crippen LogP contribution in [0, 0.1) is 5.41 Å². The molecule has 2 atom stereocenters. The lowest BCUT2D eigenvalue weighted by Crippen LogP contribution is -2.55. The van der Waals surface area contributed by atoms with E-state index < -0.39 is 11.0 Å². The van der Waals surface area contributed by atoms with Crippen molar-refractivity contribution in [2.45, 2.75) is 84.0 Å². The number of carbonyl (C=O) groups excluding carboxylic acids is 2. The molecule has 2 unspecified atom stereocenters. The van der Waals surface area contributed by atoms with Crippen LogP contribution in [0.4, 0.5) is 4.79 Å². The molecular formula is C20H38IN5O3. The summed E-state index contributed by atoms with van der Waals surface area (Å²) in [7, 11) is 3.37. The highest BCUT2D eigenvalue weighted by molar-refractivity contribution is 14.0. The number of ether oxygens (including phenoxy) is 1. The zero-order valence-corrected chi connectivity index (χ0v) is 21.1. The maximum Gasteiger partial charge on any atom is 0.410 e. The second-order valence-electron chi connectivity index (χ2n) is 9.47. The molecule has 2 aliphatic heterocycles. The van der Waals surface area contributed by atoms with Gasteiger partial charge in [-0.25, -0.2) is 4.79 Å². The molecule has 2 fully saturated rings. The molecule has 2 amide bonds. The SMILES string of the molecule is CN=C(NCC(C)(C)C(=O)NC)NC1CC2CCC(C1)N2C(=O)OC(C)(C)C.I. The zero-order chi connectivity index (χ0) is 21.1. The first-order valence-corrected chi connectivity index (χ1v) is 10.2. The number of hydrogen-bond acceptors (Lipinski definition) is 4. The van der Waals surface area contributed by atoms with Crippen LogP contribution in [-0.4, -0.2) is 67.2 Å². The summed E-state index contributed by atoms with van der Waals surface area (Å²) in [5, 5.41) is 9.42.